The van der Waals surface area contributed by atoms with Crippen LogP contribution in [0, 0.1) is 5.82 Å². The van der Waals surface area contributed by atoms with E-state index in [0.29, 0.717) is 22.4 Å². The second-order valence-electron chi connectivity index (χ2n) is 5.16. The van der Waals surface area contributed by atoms with Gasteiger partial charge in [-0.25, -0.2) is 8.78 Å². The second kappa shape index (κ2) is 7.08. The van der Waals surface area contributed by atoms with E-state index in [2.05, 4.69) is 5.32 Å². The molecule has 0 aliphatic heterocycles. The van der Waals surface area contributed by atoms with Crippen molar-refractivity contribution in [3.8, 4) is 5.75 Å². The molecule has 0 aromatic heterocycles. The minimum atomic E-state index is -0.582. The van der Waals surface area contributed by atoms with Crippen molar-refractivity contribution < 1.29 is 18.3 Å². The fraction of sp³-hybridized carbons (Fsp3) is 0.105. The zero-order valence-electron chi connectivity index (χ0n) is 12.8. The maximum absolute atomic E-state index is 12.9. The number of hydrogen-bond acceptors (Lipinski definition) is 2. The van der Waals surface area contributed by atoms with Crippen molar-refractivity contribution in [2.24, 2.45) is 0 Å². The second-order valence-corrected chi connectivity index (χ2v) is 5.16. The van der Waals surface area contributed by atoms with Gasteiger partial charge in [-0.3, -0.25) is 4.79 Å². The number of nitrogens with one attached hydrogen (secondary N) is 1. The van der Waals surface area contributed by atoms with Crippen LogP contribution in [0.4, 0.5) is 14.5 Å². The van der Waals surface area contributed by atoms with E-state index in [-0.39, 0.29) is 18.3 Å². The molecule has 0 spiro atoms. The number of ether oxygens (including phenoxy) is 1. The van der Waals surface area contributed by atoms with Crippen LogP contribution in [0.5, 0.6) is 5.75 Å². The number of carbonyl (C=O) groups excluding carboxylic acids is 1. The third-order valence-corrected chi connectivity index (χ3v) is 3.57. The summed E-state index contributed by atoms with van der Waals surface area (Å²) in [5.74, 6) is -0.149. The maximum atomic E-state index is 12.9. The van der Waals surface area contributed by atoms with Gasteiger partial charge in [0.15, 0.2) is 0 Å². The first-order valence-electron chi connectivity index (χ1n) is 7.46. The summed E-state index contributed by atoms with van der Waals surface area (Å²) in [5, 5.41) is 4.17. The first-order valence-corrected chi connectivity index (χ1v) is 7.46. The monoisotopic (exact) mass is 327 g/mol. The number of carbonyl (C=O) groups is 1. The lowest BCUT2D eigenvalue weighted by atomic mass is 10.0. The molecular weight excluding hydrogens is 312 g/mol. The van der Waals surface area contributed by atoms with E-state index in [1.807, 2.05) is 18.2 Å². The van der Waals surface area contributed by atoms with Crippen molar-refractivity contribution in [1.29, 1.82) is 0 Å². The summed E-state index contributed by atoms with van der Waals surface area (Å²) in [4.78, 5) is 12.5. The fourth-order valence-corrected chi connectivity index (χ4v) is 2.48. The molecule has 0 aliphatic rings. The van der Waals surface area contributed by atoms with Gasteiger partial charge < -0.3 is 10.1 Å². The SMILES string of the molecule is O=C(Nc1ccc(F)cc1)c1ccc(OCCF)c2ccccc12. The lowest BCUT2D eigenvalue weighted by Crippen LogP contribution is -2.12. The van der Waals surface area contributed by atoms with Crippen molar-refractivity contribution in [3.05, 3.63) is 72.0 Å². The van der Waals surface area contributed by atoms with Crippen molar-refractivity contribution in [3.63, 3.8) is 0 Å². The Labute approximate surface area is 137 Å². The lowest BCUT2D eigenvalue weighted by molar-refractivity contribution is 0.102. The molecule has 0 heterocycles. The first kappa shape index (κ1) is 15.9. The van der Waals surface area contributed by atoms with Gasteiger partial charge in [-0.1, -0.05) is 24.3 Å². The standard InChI is InChI=1S/C19H15F2NO2/c20-11-12-24-18-10-9-17(15-3-1-2-4-16(15)18)19(23)22-14-7-5-13(21)6-8-14/h1-10H,11-12H2,(H,22,23). The van der Waals surface area contributed by atoms with E-state index >= 15 is 0 Å². The number of halogens is 2. The number of benzene rings is 3. The highest BCUT2D eigenvalue weighted by Gasteiger charge is 2.13. The molecule has 0 bridgehead atoms. The predicted octanol–water partition coefficient (Wildman–Crippen LogP) is 4.58. The van der Waals surface area contributed by atoms with Crippen molar-refractivity contribution in [1.82, 2.24) is 0 Å². The fourth-order valence-electron chi connectivity index (χ4n) is 2.48. The van der Waals surface area contributed by atoms with Crippen LogP contribution in [0.3, 0.4) is 0 Å². The minimum Gasteiger partial charge on any atom is -0.490 e. The zero-order chi connectivity index (χ0) is 16.9. The molecule has 3 aromatic carbocycles. The Kier molecular flexibility index (Phi) is 4.70. The number of alkyl halides is 1. The molecule has 1 amide bonds. The van der Waals surface area contributed by atoms with Crippen LogP contribution < -0.4 is 10.1 Å². The summed E-state index contributed by atoms with van der Waals surface area (Å²) in [5.41, 5.74) is 0.964. The lowest BCUT2D eigenvalue weighted by Gasteiger charge is -2.12. The summed E-state index contributed by atoms with van der Waals surface area (Å²) < 4.78 is 30.7. The molecule has 122 valence electrons. The highest BCUT2D eigenvalue weighted by Crippen LogP contribution is 2.29. The molecule has 0 fully saturated rings. The van der Waals surface area contributed by atoms with Crippen molar-refractivity contribution in [2.75, 3.05) is 18.6 Å². The maximum Gasteiger partial charge on any atom is 0.256 e. The third-order valence-electron chi connectivity index (χ3n) is 3.57. The van der Waals surface area contributed by atoms with E-state index in [1.54, 1.807) is 18.2 Å². The van der Waals surface area contributed by atoms with Gasteiger partial charge in [-0.2, -0.15) is 0 Å². The van der Waals surface area contributed by atoms with Gasteiger partial charge in [0, 0.05) is 16.6 Å². The average molecular weight is 327 g/mol. The van der Waals surface area contributed by atoms with Gasteiger partial charge >= 0.3 is 0 Å². The summed E-state index contributed by atoms with van der Waals surface area (Å²) in [6.07, 6.45) is 0. The summed E-state index contributed by atoms with van der Waals surface area (Å²) in [6.45, 7) is -0.619. The summed E-state index contributed by atoms with van der Waals surface area (Å²) in [6, 6.07) is 16.1. The molecule has 1 N–H and O–H groups in total. The largest absolute Gasteiger partial charge is 0.490 e. The Hall–Kier alpha value is -2.95. The number of anilines is 1. The van der Waals surface area contributed by atoms with Crippen LogP contribution in [0.15, 0.2) is 60.7 Å². The van der Waals surface area contributed by atoms with Crippen molar-refractivity contribution >= 4 is 22.4 Å². The quantitative estimate of drug-likeness (QED) is 0.745. The highest BCUT2D eigenvalue weighted by atomic mass is 19.1. The topological polar surface area (TPSA) is 38.3 Å². The molecule has 0 unspecified atom stereocenters. The molecule has 3 nitrogen and oxygen atoms in total. The van der Waals surface area contributed by atoms with Gasteiger partial charge in [0.05, 0.1) is 0 Å². The van der Waals surface area contributed by atoms with Crippen LogP contribution in [0.1, 0.15) is 10.4 Å². The zero-order valence-corrected chi connectivity index (χ0v) is 12.8. The molecular formula is C19H15F2NO2. The Balaban J connectivity index is 1.94. The van der Waals surface area contributed by atoms with Gasteiger partial charge in [0.2, 0.25) is 0 Å². The van der Waals surface area contributed by atoms with E-state index in [4.69, 9.17) is 4.74 Å². The van der Waals surface area contributed by atoms with Gasteiger partial charge in [-0.15, -0.1) is 0 Å². The van der Waals surface area contributed by atoms with Crippen molar-refractivity contribution in [2.45, 2.75) is 0 Å². The third kappa shape index (κ3) is 3.35. The van der Waals surface area contributed by atoms with Gasteiger partial charge in [0.1, 0.15) is 24.8 Å². The molecule has 0 radical (unpaired) electrons. The molecule has 0 saturated heterocycles. The van der Waals surface area contributed by atoms with Crippen LogP contribution >= 0.6 is 0 Å². The van der Waals surface area contributed by atoms with Crippen LogP contribution in [0.2, 0.25) is 0 Å². The van der Waals surface area contributed by atoms with E-state index in [1.165, 1.54) is 24.3 Å². The first-order chi connectivity index (χ1) is 11.7. The molecule has 24 heavy (non-hydrogen) atoms. The van der Waals surface area contributed by atoms with Gasteiger partial charge in [-0.05, 0) is 41.8 Å². The molecule has 0 saturated carbocycles. The normalized spacial score (nSPS) is 10.6. The Morgan fingerprint density at radius 1 is 0.958 bits per heavy atom. The van der Waals surface area contributed by atoms with E-state index in [9.17, 15) is 13.6 Å². The van der Waals surface area contributed by atoms with Gasteiger partial charge in [0.25, 0.3) is 5.91 Å². The molecule has 0 atom stereocenters. The number of amides is 1. The number of rotatable bonds is 5. The summed E-state index contributed by atoms with van der Waals surface area (Å²) >= 11 is 0. The van der Waals surface area contributed by atoms with Crippen LogP contribution in [-0.2, 0) is 0 Å². The minimum absolute atomic E-state index is 0.0366. The molecule has 3 aromatic rings. The highest BCUT2D eigenvalue weighted by molar-refractivity contribution is 6.13. The predicted molar refractivity (Wildman–Crippen MR) is 89.8 cm³/mol. The molecule has 5 heteroatoms. The Morgan fingerprint density at radius 2 is 1.67 bits per heavy atom. The number of fused-ring (bicyclic) bond motifs is 1. The van der Waals surface area contributed by atoms with Crippen LogP contribution in [-0.4, -0.2) is 19.2 Å². The van der Waals surface area contributed by atoms with E-state index in [0.717, 1.165) is 5.39 Å². The Morgan fingerprint density at radius 3 is 2.38 bits per heavy atom. The van der Waals surface area contributed by atoms with E-state index < -0.39 is 6.67 Å². The summed E-state index contributed by atoms with van der Waals surface area (Å²) in [7, 11) is 0. The van der Waals surface area contributed by atoms with Crippen LogP contribution in [0.25, 0.3) is 10.8 Å². The Bertz CT molecular complexity index is 863. The molecule has 3 rings (SSSR count). The average Bonchev–Trinajstić information content (AvgIpc) is 2.61. The smallest absolute Gasteiger partial charge is 0.256 e. The number of hydrogen-bond donors (Lipinski definition) is 1. The molecule has 0 aliphatic carbocycles.